The molecule has 0 atom stereocenters. The molecule has 0 aliphatic heterocycles. The predicted octanol–water partition coefficient (Wildman–Crippen LogP) is 1.08. The van der Waals surface area contributed by atoms with Crippen LogP contribution in [0.3, 0.4) is 0 Å². The number of methoxy groups -OCH3 is 1. The van der Waals surface area contributed by atoms with Crippen LogP contribution in [-0.4, -0.2) is 52.3 Å². The van der Waals surface area contributed by atoms with E-state index in [0.29, 0.717) is 13.2 Å². The Hall–Kier alpha value is -1.43. The fourth-order valence-corrected chi connectivity index (χ4v) is 1.81. The zero-order valence-electron chi connectivity index (χ0n) is 10.6. The van der Waals surface area contributed by atoms with Crippen molar-refractivity contribution in [3.8, 4) is 0 Å². The van der Waals surface area contributed by atoms with Crippen LogP contribution in [0.25, 0.3) is 0 Å². The lowest BCUT2D eigenvalue weighted by Crippen LogP contribution is -2.42. The normalized spacial score (nSPS) is 10.8. The summed E-state index contributed by atoms with van der Waals surface area (Å²) in [5.41, 5.74) is 0. The van der Waals surface area contributed by atoms with Gasteiger partial charge in [0.2, 0.25) is 5.82 Å². The van der Waals surface area contributed by atoms with Gasteiger partial charge in [0.05, 0.1) is 6.61 Å². The van der Waals surface area contributed by atoms with Crippen molar-refractivity contribution in [2.75, 3.05) is 20.3 Å². The monoisotopic (exact) mass is 240 g/mol. The van der Waals surface area contributed by atoms with Gasteiger partial charge in [-0.15, -0.1) is 0 Å². The summed E-state index contributed by atoms with van der Waals surface area (Å²) in [5.74, 6) is 0.168. The number of hydrogen-bond donors (Lipinski definition) is 1. The summed E-state index contributed by atoms with van der Waals surface area (Å²) in [6, 6.07) is 0.211. The largest absolute Gasteiger partial charge is 0.383 e. The Bertz CT molecular complexity index is 322. The van der Waals surface area contributed by atoms with Crippen LogP contribution in [0.4, 0.5) is 0 Å². The molecule has 0 spiro atoms. The van der Waals surface area contributed by atoms with Crippen molar-refractivity contribution >= 4 is 5.91 Å². The SMILES string of the molecule is CCC(CC)N(CCOC)C(=O)c1ncn[nH]1. The highest BCUT2D eigenvalue weighted by atomic mass is 16.5. The third kappa shape index (κ3) is 3.52. The smallest absolute Gasteiger partial charge is 0.291 e. The number of amides is 1. The van der Waals surface area contributed by atoms with E-state index in [4.69, 9.17) is 4.74 Å². The standard InChI is InChI=1S/C11H20N4O2/c1-4-9(5-2)15(6-7-17-3)11(16)10-12-8-13-14-10/h8-9H,4-7H2,1-3H3,(H,12,13,14). The van der Waals surface area contributed by atoms with Gasteiger partial charge in [0.25, 0.3) is 5.91 Å². The highest BCUT2D eigenvalue weighted by Crippen LogP contribution is 2.11. The molecule has 0 aliphatic rings. The average Bonchev–Trinajstić information content (AvgIpc) is 2.87. The van der Waals surface area contributed by atoms with Crippen molar-refractivity contribution in [3.05, 3.63) is 12.2 Å². The second-order valence-electron chi connectivity index (χ2n) is 3.80. The third-order valence-electron chi connectivity index (χ3n) is 2.80. The van der Waals surface area contributed by atoms with Crippen LogP contribution >= 0.6 is 0 Å². The minimum absolute atomic E-state index is 0.117. The van der Waals surface area contributed by atoms with Crippen molar-refractivity contribution in [2.24, 2.45) is 0 Å². The number of ether oxygens (including phenoxy) is 1. The molecule has 0 radical (unpaired) electrons. The quantitative estimate of drug-likeness (QED) is 0.774. The minimum Gasteiger partial charge on any atom is -0.383 e. The maximum absolute atomic E-state index is 12.2. The molecule has 6 heteroatoms. The van der Waals surface area contributed by atoms with Gasteiger partial charge >= 0.3 is 0 Å². The van der Waals surface area contributed by atoms with Gasteiger partial charge in [-0.05, 0) is 12.8 Å². The van der Waals surface area contributed by atoms with Crippen LogP contribution in [0.2, 0.25) is 0 Å². The number of nitrogens with one attached hydrogen (secondary N) is 1. The summed E-state index contributed by atoms with van der Waals surface area (Å²) >= 11 is 0. The number of aromatic nitrogens is 3. The van der Waals surface area contributed by atoms with Gasteiger partial charge in [0.15, 0.2) is 0 Å². The molecule has 0 aliphatic carbocycles. The van der Waals surface area contributed by atoms with Gasteiger partial charge < -0.3 is 9.64 Å². The fourth-order valence-electron chi connectivity index (χ4n) is 1.81. The van der Waals surface area contributed by atoms with Crippen molar-refractivity contribution in [1.82, 2.24) is 20.1 Å². The van der Waals surface area contributed by atoms with E-state index >= 15 is 0 Å². The van der Waals surface area contributed by atoms with E-state index in [1.807, 2.05) is 0 Å². The lowest BCUT2D eigenvalue weighted by atomic mass is 10.1. The number of nitrogens with zero attached hydrogens (tertiary/aromatic N) is 3. The number of aromatic amines is 1. The van der Waals surface area contributed by atoms with Gasteiger partial charge in [-0.25, -0.2) is 4.98 Å². The van der Waals surface area contributed by atoms with E-state index in [9.17, 15) is 4.79 Å². The molecule has 0 fully saturated rings. The molecule has 1 amide bonds. The summed E-state index contributed by atoms with van der Waals surface area (Å²) in [6.45, 7) is 5.24. The van der Waals surface area contributed by atoms with E-state index in [-0.39, 0.29) is 17.8 Å². The Balaban J connectivity index is 2.77. The summed E-state index contributed by atoms with van der Waals surface area (Å²) < 4.78 is 5.04. The van der Waals surface area contributed by atoms with Crippen molar-refractivity contribution < 1.29 is 9.53 Å². The van der Waals surface area contributed by atoms with Gasteiger partial charge in [-0.3, -0.25) is 9.89 Å². The molecule has 1 aromatic rings. The number of carbonyl (C=O) groups excluding carboxylic acids is 1. The van der Waals surface area contributed by atoms with Crippen LogP contribution in [0.15, 0.2) is 6.33 Å². The number of H-pyrrole nitrogens is 1. The van der Waals surface area contributed by atoms with E-state index in [2.05, 4.69) is 29.0 Å². The molecule has 1 N–H and O–H groups in total. The Morgan fingerprint density at radius 1 is 1.53 bits per heavy atom. The highest BCUT2D eigenvalue weighted by Gasteiger charge is 2.23. The molecular formula is C11H20N4O2. The summed E-state index contributed by atoms with van der Waals surface area (Å²) in [5, 5.41) is 6.31. The molecule has 0 saturated carbocycles. The zero-order chi connectivity index (χ0) is 12.7. The van der Waals surface area contributed by atoms with Gasteiger partial charge in [0.1, 0.15) is 6.33 Å². The lowest BCUT2D eigenvalue weighted by Gasteiger charge is -2.29. The Morgan fingerprint density at radius 3 is 2.71 bits per heavy atom. The number of carbonyl (C=O) groups is 1. The average molecular weight is 240 g/mol. The summed E-state index contributed by atoms with van der Waals surface area (Å²) in [4.78, 5) is 17.9. The van der Waals surface area contributed by atoms with Gasteiger partial charge in [-0.1, -0.05) is 13.8 Å². The predicted molar refractivity (Wildman–Crippen MR) is 63.7 cm³/mol. The van der Waals surface area contributed by atoms with Gasteiger partial charge in [0, 0.05) is 19.7 Å². The Kier molecular flexibility index (Phi) is 5.62. The molecule has 1 rings (SSSR count). The second kappa shape index (κ2) is 7.01. The summed E-state index contributed by atoms with van der Waals surface area (Å²) in [7, 11) is 1.63. The van der Waals surface area contributed by atoms with E-state index in [1.165, 1.54) is 6.33 Å². The molecule has 0 bridgehead atoms. The Morgan fingerprint density at radius 2 is 2.24 bits per heavy atom. The molecule has 0 unspecified atom stereocenters. The molecule has 0 saturated heterocycles. The first-order valence-corrected chi connectivity index (χ1v) is 5.89. The van der Waals surface area contributed by atoms with Crippen LogP contribution < -0.4 is 0 Å². The first kappa shape index (κ1) is 13.6. The lowest BCUT2D eigenvalue weighted by molar-refractivity contribution is 0.0578. The van der Waals surface area contributed by atoms with E-state index < -0.39 is 0 Å². The summed E-state index contributed by atoms with van der Waals surface area (Å²) in [6.07, 6.45) is 3.18. The molecular weight excluding hydrogens is 220 g/mol. The molecule has 6 nitrogen and oxygen atoms in total. The first-order chi connectivity index (χ1) is 8.24. The van der Waals surface area contributed by atoms with Crippen LogP contribution in [-0.2, 0) is 4.74 Å². The Labute approximate surface area is 101 Å². The molecule has 1 heterocycles. The highest BCUT2D eigenvalue weighted by molar-refractivity contribution is 5.90. The van der Waals surface area contributed by atoms with E-state index in [1.54, 1.807) is 12.0 Å². The topological polar surface area (TPSA) is 71.1 Å². The van der Waals surface area contributed by atoms with Crippen molar-refractivity contribution in [2.45, 2.75) is 32.7 Å². The van der Waals surface area contributed by atoms with Crippen LogP contribution in [0.1, 0.15) is 37.3 Å². The maximum atomic E-state index is 12.2. The number of hydrogen-bond acceptors (Lipinski definition) is 4. The minimum atomic E-state index is -0.117. The first-order valence-electron chi connectivity index (χ1n) is 5.89. The van der Waals surface area contributed by atoms with Crippen molar-refractivity contribution in [1.29, 1.82) is 0 Å². The maximum Gasteiger partial charge on any atom is 0.291 e. The zero-order valence-corrected chi connectivity index (χ0v) is 10.6. The fraction of sp³-hybridized carbons (Fsp3) is 0.727. The molecule has 1 aromatic heterocycles. The molecule has 96 valence electrons. The molecule has 17 heavy (non-hydrogen) atoms. The van der Waals surface area contributed by atoms with Crippen LogP contribution in [0.5, 0.6) is 0 Å². The third-order valence-corrected chi connectivity index (χ3v) is 2.80. The van der Waals surface area contributed by atoms with Crippen molar-refractivity contribution in [3.63, 3.8) is 0 Å². The van der Waals surface area contributed by atoms with Gasteiger partial charge in [-0.2, -0.15) is 5.10 Å². The van der Waals surface area contributed by atoms with Crippen LogP contribution in [0, 0.1) is 0 Å². The van der Waals surface area contributed by atoms with E-state index in [0.717, 1.165) is 12.8 Å². The number of rotatable bonds is 7. The second-order valence-corrected chi connectivity index (χ2v) is 3.80. The molecule has 0 aromatic carbocycles.